The van der Waals surface area contributed by atoms with E-state index in [2.05, 4.69) is 14.7 Å². The molecule has 18 heavy (non-hydrogen) atoms. The average Bonchev–Trinajstić information content (AvgIpc) is 2.75. The molecule has 98 valence electrons. The van der Waals surface area contributed by atoms with Crippen molar-refractivity contribution in [3.63, 3.8) is 0 Å². The van der Waals surface area contributed by atoms with Crippen molar-refractivity contribution in [1.29, 1.82) is 0 Å². The van der Waals surface area contributed by atoms with Gasteiger partial charge in [-0.05, 0) is 17.9 Å². The van der Waals surface area contributed by atoms with Crippen LogP contribution in [0.2, 0.25) is 0 Å². The number of fused-ring (bicyclic) bond motifs is 1. The van der Waals surface area contributed by atoms with E-state index in [0.717, 1.165) is 27.4 Å². The molecule has 2 aromatic rings. The third-order valence-corrected chi connectivity index (χ3v) is 4.98. The number of thioether (sulfide) groups is 1. The zero-order valence-electron chi connectivity index (χ0n) is 9.79. The maximum atomic E-state index is 10.9. The Kier molecular flexibility index (Phi) is 4.55. The molecule has 0 saturated carbocycles. The van der Waals surface area contributed by atoms with Crippen LogP contribution in [0, 0.1) is 0 Å². The quantitative estimate of drug-likeness (QED) is 0.500. The Labute approximate surface area is 114 Å². The van der Waals surface area contributed by atoms with Crippen molar-refractivity contribution < 1.29 is 8.42 Å². The van der Waals surface area contributed by atoms with Crippen molar-refractivity contribution in [1.82, 2.24) is 14.7 Å². The van der Waals surface area contributed by atoms with E-state index in [0.29, 0.717) is 6.54 Å². The van der Waals surface area contributed by atoms with Gasteiger partial charge in [0.1, 0.15) is 11.4 Å². The molecule has 0 aliphatic rings. The molecule has 0 radical (unpaired) electrons. The van der Waals surface area contributed by atoms with Gasteiger partial charge in [-0.15, -0.1) is 23.1 Å². The van der Waals surface area contributed by atoms with Crippen LogP contribution < -0.4 is 4.72 Å². The summed E-state index contributed by atoms with van der Waals surface area (Å²) >= 11 is 3.25. The van der Waals surface area contributed by atoms with E-state index >= 15 is 0 Å². The van der Waals surface area contributed by atoms with Crippen molar-refractivity contribution >= 4 is 43.3 Å². The molecule has 0 aliphatic carbocycles. The molecule has 0 atom stereocenters. The van der Waals surface area contributed by atoms with E-state index in [1.165, 1.54) is 6.26 Å². The minimum Gasteiger partial charge on any atom is -0.235 e. The first kappa shape index (κ1) is 13.7. The summed E-state index contributed by atoms with van der Waals surface area (Å²) in [7, 11) is -3.08. The molecule has 2 rings (SSSR count). The fourth-order valence-corrected chi connectivity index (χ4v) is 3.77. The Balaban J connectivity index is 1.85. The number of sulfonamides is 1. The third kappa shape index (κ3) is 3.91. The van der Waals surface area contributed by atoms with Crippen LogP contribution >= 0.6 is 23.1 Å². The highest BCUT2D eigenvalue weighted by Gasteiger charge is 2.05. The molecule has 2 heterocycles. The molecular weight excluding hydrogens is 290 g/mol. The van der Waals surface area contributed by atoms with Crippen LogP contribution in [-0.2, 0) is 10.0 Å². The second kappa shape index (κ2) is 5.96. The number of hydrogen-bond donors (Lipinski definition) is 1. The molecular formula is C10H13N3O2S3. The molecule has 0 fully saturated rings. The highest BCUT2D eigenvalue weighted by molar-refractivity contribution is 7.99. The predicted molar refractivity (Wildman–Crippen MR) is 75.6 cm³/mol. The molecule has 0 amide bonds. The van der Waals surface area contributed by atoms with Gasteiger partial charge in [-0.25, -0.2) is 23.1 Å². The van der Waals surface area contributed by atoms with Crippen LogP contribution in [-0.4, -0.2) is 36.9 Å². The van der Waals surface area contributed by atoms with Gasteiger partial charge in [-0.2, -0.15) is 0 Å². The second-order valence-electron chi connectivity index (χ2n) is 3.68. The Morgan fingerprint density at radius 1 is 1.44 bits per heavy atom. The lowest BCUT2D eigenvalue weighted by Crippen LogP contribution is -2.23. The SMILES string of the molecule is CS(=O)(=O)NCCCSc1ncnc2ccsc12. The highest BCUT2D eigenvalue weighted by Crippen LogP contribution is 2.28. The van der Waals surface area contributed by atoms with Crippen molar-refractivity contribution in [2.75, 3.05) is 18.6 Å². The van der Waals surface area contributed by atoms with Crippen LogP contribution in [0.15, 0.2) is 22.8 Å². The fraction of sp³-hybridized carbons (Fsp3) is 0.400. The Bertz CT molecular complexity index is 624. The van der Waals surface area contributed by atoms with E-state index in [9.17, 15) is 8.42 Å². The van der Waals surface area contributed by atoms with E-state index in [4.69, 9.17) is 0 Å². The molecule has 1 N–H and O–H groups in total. The third-order valence-electron chi connectivity index (χ3n) is 2.13. The van der Waals surface area contributed by atoms with Gasteiger partial charge in [0.05, 0.1) is 16.5 Å². The van der Waals surface area contributed by atoms with E-state index in [1.54, 1.807) is 29.4 Å². The summed E-state index contributed by atoms with van der Waals surface area (Å²) in [5.74, 6) is 0.826. The van der Waals surface area contributed by atoms with Crippen molar-refractivity contribution in [3.05, 3.63) is 17.8 Å². The Morgan fingerprint density at radius 2 is 2.28 bits per heavy atom. The molecule has 0 bridgehead atoms. The zero-order valence-corrected chi connectivity index (χ0v) is 12.2. The largest absolute Gasteiger partial charge is 0.235 e. The standard InChI is InChI=1S/C10H13N3O2S3/c1-18(14,15)13-4-2-5-17-10-9-8(3-6-16-9)11-7-12-10/h3,6-7,13H,2,4-5H2,1H3. The minimum absolute atomic E-state index is 0.463. The number of thiophene rings is 1. The maximum absolute atomic E-state index is 10.9. The number of aromatic nitrogens is 2. The molecule has 0 aliphatic heterocycles. The van der Waals surface area contributed by atoms with Gasteiger partial charge in [0.15, 0.2) is 0 Å². The molecule has 0 unspecified atom stereocenters. The van der Waals surface area contributed by atoms with Crippen molar-refractivity contribution in [3.8, 4) is 0 Å². The monoisotopic (exact) mass is 303 g/mol. The summed E-state index contributed by atoms with van der Waals surface area (Å²) in [6.45, 7) is 0.463. The molecule has 0 aromatic carbocycles. The van der Waals surface area contributed by atoms with E-state index in [1.807, 2.05) is 11.4 Å². The van der Waals surface area contributed by atoms with Crippen molar-refractivity contribution in [2.24, 2.45) is 0 Å². The summed E-state index contributed by atoms with van der Waals surface area (Å²) in [4.78, 5) is 8.42. The first-order chi connectivity index (χ1) is 8.56. The van der Waals surface area contributed by atoms with Gasteiger partial charge >= 0.3 is 0 Å². The lowest BCUT2D eigenvalue weighted by Gasteiger charge is -2.02. The summed E-state index contributed by atoms with van der Waals surface area (Å²) in [6.07, 6.45) is 3.50. The molecule has 0 spiro atoms. The van der Waals surface area contributed by atoms with Gasteiger partial charge in [-0.1, -0.05) is 0 Å². The average molecular weight is 303 g/mol. The number of nitrogens with zero attached hydrogens (tertiary/aromatic N) is 2. The topological polar surface area (TPSA) is 72.0 Å². The Morgan fingerprint density at radius 3 is 3.06 bits per heavy atom. The van der Waals surface area contributed by atoms with Gasteiger partial charge < -0.3 is 0 Å². The van der Waals surface area contributed by atoms with E-state index < -0.39 is 10.0 Å². The lowest BCUT2D eigenvalue weighted by molar-refractivity contribution is 0.587. The summed E-state index contributed by atoms with van der Waals surface area (Å²) in [6, 6.07) is 1.97. The first-order valence-corrected chi connectivity index (χ1v) is 9.07. The molecule has 5 nitrogen and oxygen atoms in total. The number of rotatable bonds is 6. The predicted octanol–water partition coefficient (Wildman–Crippen LogP) is 1.72. The van der Waals surface area contributed by atoms with Crippen LogP contribution in [0.4, 0.5) is 0 Å². The van der Waals surface area contributed by atoms with Crippen LogP contribution in [0.3, 0.4) is 0 Å². The van der Waals surface area contributed by atoms with Crippen LogP contribution in [0.1, 0.15) is 6.42 Å². The summed E-state index contributed by atoms with van der Waals surface area (Å²) in [5.41, 5.74) is 0.965. The number of hydrogen-bond acceptors (Lipinski definition) is 6. The molecule has 0 saturated heterocycles. The van der Waals surface area contributed by atoms with Gasteiger partial charge in [-0.3, -0.25) is 0 Å². The van der Waals surface area contributed by atoms with Gasteiger partial charge in [0.25, 0.3) is 0 Å². The first-order valence-electron chi connectivity index (χ1n) is 5.32. The van der Waals surface area contributed by atoms with E-state index in [-0.39, 0.29) is 0 Å². The fourth-order valence-electron chi connectivity index (χ4n) is 1.37. The maximum Gasteiger partial charge on any atom is 0.208 e. The smallest absolute Gasteiger partial charge is 0.208 e. The van der Waals surface area contributed by atoms with Crippen molar-refractivity contribution in [2.45, 2.75) is 11.4 Å². The van der Waals surface area contributed by atoms with Crippen LogP contribution in [0.5, 0.6) is 0 Å². The van der Waals surface area contributed by atoms with Gasteiger partial charge in [0, 0.05) is 12.3 Å². The highest BCUT2D eigenvalue weighted by atomic mass is 32.2. The Hall–Kier alpha value is -0.700. The van der Waals surface area contributed by atoms with Crippen LogP contribution in [0.25, 0.3) is 10.2 Å². The summed E-state index contributed by atoms with van der Waals surface area (Å²) in [5, 5.41) is 2.96. The molecule has 8 heteroatoms. The minimum atomic E-state index is -3.08. The number of nitrogens with one attached hydrogen (secondary N) is 1. The second-order valence-corrected chi connectivity index (χ2v) is 7.52. The normalized spacial score (nSPS) is 12.1. The van der Waals surface area contributed by atoms with Gasteiger partial charge in [0.2, 0.25) is 10.0 Å². The molecule has 2 aromatic heterocycles. The lowest BCUT2D eigenvalue weighted by atomic mass is 10.5. The summed E-state index contributed by atoms with van der Waals surface area (Å²) < 4.78 is 25.3. The zero-order chi connectivity index (χ0) is 13.0.